The van der Waals surface area contributed by atoms with E-state index in [9.17, 15) is 0 Å². The van der Waals surface area contributed by atoms with Crippen LogP contribution in [0.2, 0.25) is 0 Å². The maximum Gasteiger partial charge on any atom is 0.263 e. The number of aryl methyl sites for hydroxylation is 1. The first-order valence-corrected chi connectivity index (χ1v) is 8.57. The molecule has 1 aliphatic carbocycles. The van der Waals surface area contributed by atoms with Crippen LogP contribution < -0.4 is 9.64 Å². The Hall–Kier alpha value is -2.70. The van der Waals surface area contributed by atoms with Gasteiger partial charge in [-0.25, -0.2) is 9.97 Å². The Bertz CT molecular complexity index is 888. The minimum absolute atomic E-state index is 0.100. The van der Waals surface area contributed by atoms with Crippen molar-refractivity contribution in [3.8, 4) is 5.88 Å². The fraction of sp³-hybridized carbons (Fsp3) is 0.444. The molecule has 0 saturated heterocycles. The molecule has 0 amide bonds. The molecule has 0 spiro atoms. The molecule has 0 radical (unpaired) electrons. The summed E-state index contributed by atoms with van der Waals surface area (Å²) in [5.74, 6) is 1.53. The molecule has 4 rings (SSSR count). The molecule has 3 aromatic heterocycles. The third-order valence-electron chi connectivity index (χ3n) is 4.19. The third-order valence-corrected chi connectivity index (χ3v) is 4.19. The molecule has 0 N–H and O–H groups in total. The molecule has 3 heterocycles. The Balaban J connectivity index is 1.67. The predicted octanol–water partition coefficient (Wildman–Crippen LogP) is 3.28. The molecule has 1 saturated carbocycles. The van der Waals surface area contributed by atoms with Crippen molar-refractivity contribution >= 4 is 16.9 Å². The van der Waals surface area contributed by atoms with Gasteiger partial charge >= 0.3 is 0 Å². The van der Waals surface area contributed by atoms with Gasteiger partial charge in [-0.15, -0.1) is 0 Å². The molecular formula is C18H21N5O2. The molecule has 7 heteroatoms. The van der Waals surface area contributed by atoms with Gasteiger partial charge in [-0.2, -0.15) is 4.98 Å². The van der Waals surface area contributed by atoms with Crippen molar-refractivity contribution in [2.24, 2.45) is 0 Å². The number of hydrogen-bond acceptors (Lipinski definition) is 7. The first-order chi connectivity index (χ1) is 12.1. The van der Waals surface area contributed by atoms with Gasteiger partial charge in [-0.05, 0) is 45.2 Å². The molecule has 1 fully saturated rings. The van der Waals surface area contributed by atoms with Crippen LogP contribution >= 0.6 is 0 Å². The first kappa shape index (κ1) is 15.8. The summed E-state index contributed by atoms with van der Waals surface area (Å²) in [6.45, 7) is 6.65. The van der Waals surface area contributed by atoms with E-state index in [4.69, 9.17) is 9.26 Å². The smallest absolute Gasteiger partial charge is 0.263 e. The van der Waals surface area contributed by atoms with Crippen LogP contribution in [0.5, 0.6) is 5.88 Å². The quantitative estimate of drug-likeness (QED) is 0.682. The summed E-state index contributed by atoms with van der Waals surface area (Å²) in [6, 6.07) is 4.49. The molecule has 0 aliphatic heterocycles. The zero-order chi connectivity index (χ0) is 17.4. The van der Waals surface area contributed by atoms with Gasteiger partial charge in [0.2, 0.25) is 5.88 Å². The first-order valence-electron chi connectivity index (χ1n) is 8.57. The van der Waals surface area contributed by atoms with E-state index in [0.717, 1.165) is 41.8 Å². The number of nitrogens with zero attached hydrogens (tertiary/aromatic N) is 5. The zero-order valence-electron chi connectivity index (χ0n) is 14.6. The maximum atomic E-state index is 5.71. The molecular weight excluding hydrogens is 318 g/mol. The van der Waals surface area contributed by atoms with Gasteiger partial charge in [0.1, 0.15) is 17.5 Å². The predicted molar refractivity (Wildman–Crippen MR) is 93.5 cm³/mol. The van der Waals surface area contributed by atoms with E-state index in [1.807, 2.05) is 32.9 Å². The summed E-state index contributed by atoms with van der Waals surface area (Å²) in [5.41, 5.74) is 2.49. The van der Waals surface area contributed by atoms with Crippen molar-refractivity contribution in [3.63, 3.8) is 0 Å². The standard InChI is InChI=1S/C18H21N5O2/c1-11(2)24-15-8-13(6-7-19-15)9-23(14-4-5-14)17-16-12(3)22-25-18(16)21-10-20-17/h6-8,10-11,14H,4-5,9H2,1-3H3. The minimum Gasteiger partial charge on any atom is -0.475 e. The number of rotatable bonds is 6. The van der Waals surface area contributed by atoms with Crippen LogP contribution in [0.3, 0.4) is 0 Å². The van der Waals surface area contributed by atoms with Gasteiger partial charge in [0.25, 0.3) is 5.71 Å². The number of aromatic nitrogens is 4. The van der Waals surface area contributed by atoms with Crippen LogP contribution in [0.15, 0.2) is 29.2 Å². The normalized spacial score (nSPS) is 14.2. The Morgan fingerprint density at radius 2 is 2.12 bits per heavy atom. The second kappa shape index (κ2) is 6.31. The number of hydrogen-bond donors (Lipinski definition) is 0. The van der Waals surface area contributed by atoms with E-state index in [1.54, 1.807) is 6.20 Å². The zero-order valence-corrected chi connectivity index (χ0v) is 14.6. The highest BCUT2D eigenvalue weighted by Gasteiger charge is 2.32. The van der Waals surface area contributed by atoms with Crippen molar-refractivity contribution in [2.75, 3.05) is 4.90 Å². The Morgan fingerprint density at radius 1 is 1.28 bits per heavy atom. The summed E-state index contributed by atoms with van der Waals surface area (Å²) in [4.78, 5) is 15.3. The highest BCUT2D eigenvalue weighted by atomic mass is 16.5. The minimum atomic E-state index is 0.100. The molecule has 3 aromatic rings. The summed E-state index contributed by atoms with van der Waals surface area (Å²) in [7, 11) is 0. The molecule has 130 valence electrons. The maximum absolute atomic E-state index is 5.71. The molecule has 0 atom stereocenters. The lowest BCUT2D eigenvalue weighted by atomic mass is 10.2. The Morgan fingerprint density at radius 3 is 2.88 bits per heavy atom. The van der Waals surface area contributed by atoms with E-state index in [0.29, 0.717) is 17.6 Å². The SMILES string of the molecule is Cc1noc2ncnc(N(Cc3ccnc(OC(C)C)c3)C3CC3)c12. The second-order valence-corrected chi connectivity index (χ2v) is 6.67. The van der Waals surface area contributed by atoms with E-state index >= 15 is 0 Å². The highest BCUT2D eigenvalue weighted by molar-refractivity contribution is 5.88. The van der Waals surface area contributed by atoms with Crippen LogP contribution in [0.4, 0.5) is 5.82 Å². The fourth-order valence-corrected chi connectivity index (χ4v) is 2.94. The van der Waals surface area contributed by atoms with E-state index in [-0.39, 0.29) is 6.10 Å². The largest absolute Gasteiger partial charge is 0.475 e. The van der Waals surface area contributed by atoms with E-state index in [1.165, 1.54) is 6.33 Å². The topological polar surface area (TPSA) is 77.2 Å². The molecule has 1 aliphatic rings. The van der Waals surface area contributed by atoms with Crippen LogP contribution in [0.1, 0.15) is 37.9 Å². The van der Waals surface area contributed by atoms with Crippen molar-refractivity contribution in [3.05, 3.63) is 35.9 Å². The highest BCUT2D eigenvalue weighted by Crippen LogP contribution is 2.36. The van der Waals surface area contributed by atoms with Gasteiger partial charge in [0, 0.05) is 24.8 Å². The van der Waals surface area contributed by atoms with Crippen molar-refractivity contribution in [2.45, 2.75) is 52.3 Å². The van der Waals surface area contributed by atoms with Crippen LogP contribution in [-0.4, -0.2) is 32.3 Å². The van der Waals surface area contributed by atoms with Crippen LogP contribution in [0, 0.1) is 6.92 Å². The lowest BCUT2D eigenvalue weighted by Crippen LogP contribution is -2.26. The van der Waals surface area contributed by atoms with Gasteiger partial charge in [0.15, 0.2) is 0 Å². The van der Waals surface area contributed by atoms with E-state index < -0.39 is 0 Å². The third kappa shape index (κ3) is 3.26. The van der Waals surface area contributed by atoms with Crippen molar-refractivity contribution in [1.29, 1.82) is 0 Å². The van der Waals surface area contributed by atoms with Gasteiger partial charge in [-0.1, -0.05) is 5.16 Å². The molecule has 0 aromatic carbocycles. The summed E-state index contributed by atoms with van der Waals surface area (Å²) in [6.07, 6.45) is 5.76. The number of anilines is 1. The number of fused-ring (bicyclic) bond motifs is 1. The fourth-order valence-electron chi connectivity index (χ4n) is 2.94. The summed E-state index contributed by atoms with van der Waals surface area (Å²) < 4.78 is 11.0. The molecule has 0 unspecified atom stereocenters. The summed E-state index contributed by atoms with van der Waals surface area (Å²) >= 11 is 0. The van der Waals surface area contributed by atoms with Gasteiger partial charge in [0.05, 0.1) is 11.8 Å². The van der Waals surface area contributed by atoms with Crippen molar-refractivity contribution < 1.29 is 9.26 Å². The molecule has 0 bridgehead atoms. The number of pyridine rings is 1. The average molecular weight is 339 g/mol. The lowest BCUT2D eigenvalue weighted by molar-refractivity contribution is 0.232. The van der Waals surface area contributed by atoms with Crippen LogP contribution in [-0.2, 0) is 6.54 Å². The van der Waals surface area contributed by atoms with E-state index in [2.05, 4.69) is 25.0 Å². The molecule has 7 nitrogen and oxygen atoms in total. The Labute approximate surface area is 146 Å². The van der Waals surface area contributed by atoms with Gasteiger partial charge < -0.3 is 14.2 Å². The van der Waals surface area contributed by atoms with Crippen molar-refractivity contribution in [1.82, 2.24) is 20.1 Å². The lowest BCUT2D eigenvalue weighted by Gasteiger charge is -2.24. The number of ether oxygens (including phenoxy) is 1. The molecule has 25 heavy (non-hydrogen) atoms. The Kier molecular flexibility index (Phi) is 3.99. The second-order valence-electron chi connectivity index (χ2n) is 6.67. The average Bonchev–Trinajstić information content (AvgIpc) is 3.36. The van der Waals surface area contributed by atoms with Crippen LogP contribution in [0.25, 0.3) is 11.1 Å². The summed E-state index contributed by atoms with van der Waals surface area (Å²) in [5, 5.41) is 4.93. The monoisotopic (exact) mass is 339 g/mol. The van der Waals surface area contributed by atoms with Gasteiger partial charge in [-0.3, -0.25) is 0 Å².